The van der Waals surface area contributed by atoms with Crippen LogP contribution in [0.2, 0.25) is 5.02 Å². The molecule has 1 aromatic carbocycles. The number of H-pyrrole nitrogens is 1. The molecule has 2 amide bonds. The first-order valence-electron chi connectivity index (χ1n) is 7.06. The number of nitrogens with one attached hydrogen (secondary N) is 3. The van der Waals surface area contributed by atoms with Crippen LogP contribution in [0.5, 0.6) is 0 Å². The molecule has 9 heteroatoms. The fraction of sp³-hybridized carbons (Fsp3) is 0.133. The van der Waals surface area contributed by atoms with Crippen LogP contribution in [0, 0.1) is 12.7 Å². The molecule has 0 atom stereocenters. The maximum Gasteiger partial charge on any atom is 0.324 e. The van der Waals surface area contributed by atoms with Crippen LogP contribution in [0.15, 0.2) is 36.7 Å². The van der Waals surface area contributed by atoms with E-state index >= 15 is 0 Å². The number of halogens is 2. The summed E-state index contributed by atoms with van der Waals surface area (Å²) in [4.78, 5) is 12.1. The van der Waals surface area contributed by atoms with Gasteiger partial charge in [-0.2, -0.15) is 10.2 Å². The zero-order chi connectivity index (χ0) is 17.1. The van der Waals surface area contributed by atoms with Crippen molar-refractivity contribution in [1.82, 2.24) is 20.0 Å². The van der Waals surface area contributed by atoms with Crippen LogP contribution in [0.3, 0.4) is 0 Å². The Morgan fingerprint density at radius 1 is 1.38 bits per heavy atom. The van der Waals surface area contributed by atoms with E-state index in [1.807, 2.05) is 0 Å². The average molecular weight is 349 g/mol. The molecule has 0 saturated heterocycles. The van der Waals surface area contributed by atoms with Gasteiger partial charge in [-0.15, -0.1) is 0 Å². The Labute approximate surface area is 141 Å². The lowest BCUT2D eigenvalue weighted by Crippen LogP contribution is -2.22. The third-order valence-electron chi connectivity index (χ3n) is 3.35. The second-order valence-corrected chi connectivity index (χ2v) is 5.52. The molecule has 7 nitrogen and oxygen atoms in total. The third-order valence-corrected chi connectivity index (χ3v) is 3.66. The highest BCUT2D eigenvalue weighted by Crippen LogP contribution is 2.18. The van der Waals surface area contributed by atoms with E-state index in [2.05, 4.69) is 25.9 Å². The quantitative estimate of drug-likeness (QED) is 0.675. The number of aromatic nitrogens is 4. The van der Waals surface area contributed by atoms with Crippen LogP contribution in [-0.2, 0) is 6.54 Å². The summed E-state index contributed by atoms with van der Waals surface area (Å²) in [5, 5.41) is 16.1. The van der Waals surface area contributed by atoms with Gasteiger partial charge in [-0.1, -0.05) is 17.7 Å². The lowest BCUT2D eigenvalue weighted by Gasteiger charge is -2.10. The van der Waals surface area contributed by atoms with Crippen LogP contribution >= 0.6 is 11.6 Å². The molecule has 0 aliphatic rings. The van der Waals surface area contributed by atoms with Gasteiger partial charge in [0.15, 0.2) is 0 Å². The number of amides is 2. The van der Waals surface area contributed by atoms with Crippen molar-refractivity contribution in [3.8, 4) is 0 Å². The highest BCUT2D eigenvalue weighted by atomic mass is 35.5. The lowest BCUT2D eigenvalue weighted by atomic mass is 10.2. The summed E-state index contributed by atoms with van der Waals surface area (Å²) in [6.07, 6.45) is 3.06. The average Bonchev–Trinajstić information content (AvgIpc) is 3.13. The maximum atomic E-state index is 13.5. The lowest BCUT2D eigenvalue weighted by molar-refractivity contribution is 0.262. The van der Waals surface area contributed by atoms with Crippen LogP contribution in [0.1, 0.15) is 11.3 Å². The first kappa shape index (κ1) is 16.0. The van der Waals surface area contributed by atoms with Gasteiger partial charge in [0, 0.05) is 6.07 Å². The van der Waals surface area contributed by atoms with Crippen molar-refractivity contribution in [1.29, 1.82) is 0 Å². The zero-order valence-electron chi connectivity index (χ0n) is 12.7. The van der Waals surface area contributed by atoms with Crippen LogP contribution in [0.25, 0.3) is 0 Å². The Morgan fingerprint density at radius 2 is 2.21 bits per heavy atom. The normalized spacial score (nSPS) is 10.6. The molecule has 0 unspecified atom stereocenters. The molecule has 3 rings (SSSR count). The molecule has 3 aromatic rings. The number of anilines is 2. The SMILES string of the molecule is Cc1[nH]ncc1NC(=O)Nc1ccnn1Cc1ccc(Cl)c(F)c1. The molecule has 0 aliphatic carbocycles. The van der Waals surface area contributed by atoms with E-state index in [1.54, 1.807) is 29.9 Å². The van der Waals surface area contributed by atoms with Crippen molar-refractivity contribution in [2.45, 2.75) is 13.5 Å². The van der Waals surface area contributed by atoms with Crippen molar-refractivity contribution in [2.24, 2.45) is 0 Å². The number of hydrogen-bond donors (Lipinski definition) is 3. The van der Waals surface area contributed by atoms with Gasteiger partial charge in [0.05, 0.1) is 35.3 Å². The summed E-state index contributed by atoms with van der Waals surface area (Å²) < 4.78 is 15.1. The predicted octanol–water partition coefficient (Wildman–Crippen LogP) is 3.40. The predicted molar refractivity (Wildman–Crippen MR) is 88.7 cm³/mol. The molecule has 124 valence electrons. The van der Waals surface area contributed by atoms with Crippen molar-refractivity contribution < 1.29 is 9.18 Å². The second kappa shape index (κ2) is 6.71. The number of carbonyl (C=O) groups excluding carboxylic acids is 1. The Bertz CT molecular complexity index is 874. The fourth-order valence-corrected chi connectivity index (χ4v) is 2.24. The largest absolute Gasteiger partial charge is 0.324 e. The highest BCUT2D eigenvalue weighted by Gasteiger charge is 2.10. The van der Waals surface area contributed by atoms with E-state index in [9.17, 15) is 9.18 Å². The Morgan fingerprint density at radius 3 is 2.92 bits per heavy atom. The van der Waals surface area contributed by atoms with Gasteiger partial charge < -0.3 is 5.32 Å². The first-order valence-corrected chi connectivity index (χ1v) is 7.44. The number of hydrogen-bond acceptors (Lipinski definition) is 3. The minimum atomic E-state index is -0.496. The fourth-order valence-electron chi connectivity index (χ4n) is 2.12. The molecule has 24 heavy (non-hydrogen) atoms. The van der Waals surface area contributed by atoms with E-state index in [4.69, 9.17) is 11.6 Å². The number of rotatable bonds is 4. The van der Waals surface area contributed by atoms with Crippen LogP contribution in [0.4, 0.5) is 20.7 Å². The molecule has 0 radical (unpaired) electrons. The number of benzene rings is 1. The molecule has 0 fully saturated rings. The number of carbonyl (C=O) groups is 1. The van der Waals surface area contributed by atoms with Gasteiger partial charge in [0.1, 0.15) is 11.6 Å². The third kappa shape index (κ3) is 3.54. The topological polar surface area (TPSA) is 87.6 Å². The summed E-state index contributed by atoms with van der Waals surface area (Å²) in [7, 11) is 0. The van der Waals surface area contributed by atoms with Gasteiger partial charge in [-0.05, 0) is 24.6 Å². The highest BCUT2D eigenvalue weighted by molar-refractivity contribution is 6.30. The molecule has 0 bridgehead atoms. The minimum Gasteiger partial charge on any atom is -0.305 e. The number of urea groups is 1. The molecular formula is C15H14ClFN6O. The summed E-state index contributed by atoms with van der Waals surface area (Å²) in [6, 6.07) is 5.74. The first-order chi connectivity index (χ1) is 11.5. The number of aromatic amines is 1. The molecule has 0 spiro atoms. The van der Waals surface area contributed by atoms with Gasteiger partial charge in [0.25, 0.3) is 0 Å². The zero-order valence-corrected chi connectivity index (χ0v) is 13.4. The molecular weight excluding hydrogens is 335 g/mol. The summed E-state index contributed by atoms with van der Waals surface area (Å²) in [5.41, 5.74) is 2.00. The monoisotopic (exact) mass is 348 g/mol. The van der Waals surface area contributed by atoms with E-state index < -0.39 is 11.8 Å². The summed E-state index contributed by atoms with van der Waals surface area (Å²) in [6.45, 7) is 2.09. The van der Waals surface area contributed by atoms with Crippen molar-refractivity contribution in [2.75, 3.05) is 10.6 Å². The van der Waals surface area contributed by atoms with Crippen molar-refractivity contribution in [3.05, 3.63) is 58.8 Å². The molecule has 0 saturated carbocycles. The van der Waals surface area contributed by atoms with Crippen LogP contribution in [-0.4, -0.2) is 26.0 Å². The summed E-state index contributed by atoms with van der Waals surface area (Å²) in [5.74, 6) is -0.0204. The van der Waals surface area contributed by atoms with Crippen LogP contribution < -0.4 is 10.6 Å². The van der Waals surface area contributed by atoms with E-state index in [0.717, 1.165) is 5.69 Å². The van der Waals surface area contributed by atoms with E-state index in [1.165, 1.54) is 18.3 Å². The Kier molecular flexibility index (Phi) is 4.48. The van der Waals surface area contributed by atoms with Gasteiger partial charge >= 0.3 is 6.03 Å². The van der Waals surface area contributed by atoms with Gasteiger partial charge in [-0.25, -0.2) is 13.9 Å². The van der Waals surface area contributed by atoms with Crippen molar-refractivity contribution >= 4 is 29.1 Å². The molecule has 2 heterocycles. The molecule has 0 aliphatic heterocycles. The second-order valence-electron chi connectivity index (χ2n) is 5.11. The van der Waals surface area contributed by atoms with Crippen molar-refractivity contribution in [3.63, 3.8) is 0 Å². The Hall–Kier alpha value is -2.87. The number of nitrogens with zero attached hydrogens (tertiary/aromatic N) is 3. The molecule has 2 aromatic heterocycles. The van der Waals surface area contributed by atoms with Gasteiger partial charge in [0.2, 0.25) is 0 Å². The maximum absolute atomic E-state index is 13.5. The smallest absolute Gasteiger partial charge is 0.305 e. The van der Waals surface area contributed by atoms with Gasteiger partial charge in [-0.3, -0.25) is 10.4 Å². The Balaban J connectivity index is 1.69. The van der Waals surface area contributed by atoms with E-state index in [-0.39, 0.29) is 5.02 Å². The molecule has 3 N–H and O–H groups in total. The summed E-state index contributed by atoms with van der Waals surface area (Å²) >= 11 is 5.67. The van der Waals surface area contributed by atoms with E-state index in [0.29, 0.717) is 23.6 Å². The number of aryl methyl sites for hydroxylation is 1. The standard InChI is InChI=1S/C15H14ClFN6O/c1-9-13(7-18-22-9)20-15(24)21-14-4-5-19-23(14)8-10-2-3-11(16)12(17)6-10/h2-7H,8H2,1H3,(H,18,22)(H2,20,21,24). The minimum absolute atomic E-state index is 0.0624.